The summed E-state index contributed by atoms with van der Waals surface area (Å²) in [6.07, 6.45) is 2.70. The zero-order valence-electron chi connectivity index (χ0n) is 16.4. The summed E-state index contributed by atoms with van der Waals surface area (Å²) in [4.78, 5) is 39.0. The molecule has 0 saturated carbocycles. The molecule has 4 rings (SSSR count). The summed E-state index contributed by atoms with van der Waals surface area (Å²) in [7, 11) is 3.96. The molecule has 1 unspecified atom stereocenters. The monoisotopic (exact) mass is 382 g/mol. The Morgan fingerprint density at radius 2 is 1.96 bits per heavy atom. The molecule has 2 aliphatic rings. The molecule has 2 aliphatic heterocycles. The first-order valence-corrected chi connectivity index (χ1v) is 9.75. The highest BCUT2D eigenvalue weighted by atomic mass is 16.2. The molecule has 1 N–H and O–H groups in total. The van der Waals surface area contributed by atoms with Crippen LogP contribution in [0.4, 0.5) is 11.5 Å². The van der Waals surface area contributed by atoms with Crippen LogP contribution in [-0.4, -0.2) is 73.5 Å². The minimum atomic E-state index is -0.0790. The van der Waals surface area contributed by atoms with E-state index in [2.05, 4.69) is 32.3 Å². The molecule has 2 amide bonds. The summed E-state index contributed by atoms with van der Waals surface area (Å²) in [5.41, 5.74) is 2.05. The first-order chi connectivity index (χ1) is 13.5. The molecule has 2 aromatic rings. The van der Waals surface area contributed by atoms with Gasteiger partial charge in [-0.15, -0.1) is 0 Å². The third kappa shape index (κ3) is 3.58. The van der Waals surface area contributed by atoms with E-state index < -0.39 is 0 Å². The molecule has 28 heavy (non-hydrogen) atoms. The number of benzene rings is 1. The fourth-order valence-electron chi connectivity index (χ4n) is 3.97. The zero-order chi connectivity index (χ0) is 19.7. The molecule has 0 aliphatic carbocycles. The number of carbonyl (C=O) groups is 2. The Labute approximate surface area is 164 Å². The molecule has 1 aromatic carbocycles. The van der Waals surface area contributed by atoms with Crippen molar-refractivity contribution in [1.29, 1.82) is 0 Å². The van der Waals surface area contributed by atoms with Gasteiger partial charge in [0, 0.05) is 64.3 Å². The van der Waals surface area contributed by atoms with Gasteiger partial charge in [0.2, 0.25) is 11.8 Å². The maximum Gasteiger partial charge on any atom is 0.227 e. The Hall–Kier alpha value is -2.90. The minimum Gasteiger partial charge on any atom is -0.368 e. The van der Waals surface area contributed by atoms with Gasteiger partial charge in [0.25, 0.3) is 0 Å². The quantitative estimate of drug-likeness (QED) is 0.848. The molecule has 8 nitrogen and oxygen atoms in total. The van der Waals surface area contributed by atoms with Crippen LogP contribution in [0.1, 0.15) is 12.8 Å². The summed E-state index contributed by atoms with van der Waals surface area (Å²) in [5, 5.41) is 3.83. The van der Waals surface area contributed by atoms with Crippen molar-refractivity contribution in [2.45, 2.75) is 12.8 Å². The first-order valence-electron chi connectivity index (χ1n) is 9.75. The van der Waals surface area contributed by atoms with E-state index in [9.17, 15) is 9.59 Å². The smallest absolute Gasteiger partial charge is 0.227 e. The number of hydrogen-bond donors (Lipinski definition) is 1. The van der Waals surface area contributed by atoms with Crippen LogP contribution in [0.5, 0.6) is 0 Å². The van der Waals surface area contributed by atoms with Crippen molar-refractivity contribution in [1.82, 2.24) is 20.2 Å². The topological polar surface area (TPSA) is 81.7 Å². The average molecular weight is 382 g/mol. The van der Waals surface area contributed by atoms with Gasteiger partial charge < -0.3 is 20.0 Å². The molecule has 2 saturated heterocycles. The highest BCUT2D eigenvalue weighted by molar-refractivity contribution is 5.92. The minimum absolute atomic E-state index is 0.0475. The van der Waals surface area contributed by atoms with Gasteiger partial charge in [-0.25, -0.2) is 9.97 Å². The number of piperazine rings is 1. The maximum atomic E-state index is 12.7. The van der Waals surface area contributed by atoms with E-state index in [1.165, 1.54) is 0 Å². The predicted octanol–water partition coefficient (Wildman–Crippen LogP) is 0.871. The fourth-order valence-corrected chi connectivity index (χ4v) is 3.97. The third-order valence-corrected chi connectivity index (χ3v) is 5.59. The van der Waals surface area contributed by atoms with E-state index in [0.717, 1.165) is 35.5 Å². The molecular weight excluding hydrogens is 356 g/mol. The lowest BCUT2D eigenvalue weighted by atomic mass is 9.97. The number of aromatic nitrogens is 2. The van der Waals surface area contributed by atoms with Crippen molar-refractivity contribution >= 4 is 34.2 Å². The van der Waals surface area contributed by atoms with E-state index in [1.807, 2.05) is 30.0 Å². The SMILES string of the molecule is CN(C)c1ncnc2ccc(N3CCN(C(=O)C4CCC(=O)NC4)CC3)cc12. The fraction of sp³-hybridized carbons (Fsp3) is 0.500. The van der Waals surface area contributed by atoms with Gasteiger partial charge in [-0.2, -0.15) is 0 Å². The Morgan fingerprint density at radius 3 is 2.64 bits per heavy atom. The summed E-state index contributed by atoms with van der Waals surface area (Å²) in [6, 6.07) is 6.25. The van der Waals surface area contributed by atoms with Crippen LogP contribution in [-0.2, 0) is 9.59 Å². The number of hydrogen-bond acceptors (Lipinski definition) is 6. The summed E-state index contributed by atoms with van der Waals surface area (Å²) in [5.74, 6) is 1.04. The molecule has 0 spiro atoms. The van der Waals surface area contributed by atoms with Crippen molar-refractivity contribution in [3.63, 3.8) is 0 Å². The lowest BCUT2D eigenvalue weighted by Crippen LogP contribution is -2.52. The van der Waals surface area contributed by atoms with Crippen LogP contribution in [0.25, 0.3) is 10.9 Å². The number of carbonyl (C=O) groups excluding carboxylic acids is 2. The third-order valence-electron chi connectivity index (χ3n) is 5.59. The van der Waals surface area contributed by atoms with Crippen LogP contribution >= 0.6 is 0 Å². The number of amides is 2. The molecule has 0 radical (unpaired) electrons. The van der Waals surface area contributed by atoms with Crippen LogP contribution < -0.4 is 15.1 Å². The number of nitrogens with one attached hydrogen (secondary N) is 1. The summed E-state index contributed by atoms with van der Waals surface area (Å²) >= 11 is 0. The van der Waals surface area contributed by atoms with Crippen molar-refractivity contribution in [3.05, 3.63) is 24.5 Å². The molecule has 1 aromatic heterocycles. The van der Waals surface area contributed by atoms with Crippen molar-refractivity contribution < 1.29 is 9.59 Å². The molecule has 8 heteroatoms. The lowest BCUT2D eigenvalue weighted by molar-refractivity contribution is -0.137. The van der Waals surface area contributed by atoms with E-state index in [1.54, 1.807) is 6.33 Å². The maximum absolute atomic E-state index is 12.7. The standard InChI is InChI=1S/C20H26N6O2/c1-24(2)19-16-11-15(4-5-17(16)22-13-23-19)25-7-9-26(10-8-25)20(28)14-3-6-18(27)21-12-14/h4-5,11,13-14H,3,6-10,12H2,1-2H3,(H,21,27). The van der Waals surface area contributed by atoms with Crippen LogP contribution in [0.3, 0.4) is 0 Å². The Balaban J connectivity index is 1.44. The van der Waals surface area contributed by atoms with Gasteiger partial charge in [0.15, 0.2) is 0 Å². The normalized spacial score (nSPS) is 20.2. The van der Waals surface area contributed by atoms with Gasteiger partial charge in [0.1, 0.15) is 12.1 Å². The first kappa shape index (κ1) is 18.5. The predicted molar refractivity (Wildman–Crippen MR) is 108 cm³/mol. The number of piperidine rings is 1. The van der Waals surface area contributed by atoms with Crippen LogP contribution in [0, 0.1) is 5.92 Å². The van der Waals surface area contributed by atoms with Crippen LogP contribution in [0.2, 0.25) is 0 Å². The molecule has 3 heterocycles. The molecule has 1 atom stereocenters. The number of rotatable bonds is 3. The van der Waals surface area contributed by atoms with Crippen molar-refractivity contribution in [2.24, 2.45) is 5.92 Å². The lowest BCUT2D eigenvalue weighted by Gasteiger charge is -2.38. The van der Waals surface area contributed by atoms with E-state index >= 15 is 0 Å². The number of anilines is 2. The number of nitrogens with zero attached hydrogens (tertiary/aromatic N) is 5. The van der Waals surface area contributed by atoms with Crippen molar-refractivity contribution in [2.75, 3.05) is 56.6 Å². The second-order valence-corrected chi connectivity index (χ2v) is 7.65. The van der Waals surface area contributed by atoms with Gasteiger partial charge in [-0.1, -0.05) is 0 Å². The van der Waals surface area contributed by atoms with E-state index in [0.29, 0.717) is 32.5 Å². The second-order valence-electron chi connectivity index (χ2n) is 7.65. The molecular formula is C20H26N6O2. The molecule has 148 valence electrons. The van der Waals surface area contributed by atoms with Crippen LogP contribution in [0.15, 0.2) is 24.5 Å². The van der Waals surface area contributed by atoms with Gasteiger partial charge >= 0.3 is 0 Å². The average Bonchev–Trinajstić information content (AvgIpc) is 2.73. The van der Waals surface area contributed by atoms with E-state index in [4.69, 9.17) is 0 Å². The highest BCUT2D eigenvalue weighted by Crippen LogP contribution is 2.27. The highest BCUT2D eigenvalue weighted by Gasteiger charge is 2.30. The second kappa shape index (κ2) is 7.61. The Morgan fingerprint density at radius 1 is 1.18 bits per heavy atom. The van der Waals surface area contributed by atoms with Gasteiger partial charge in [-0.3, -0.25) is 9.59 Å². The van der Waals surface area contributed by atoms with Gasteiger partial charge in [0.05, 0.1) is 11.4 Å². The largest absolute Gasteiger partial charge is 0.368 e. The Bertz CT molecular complexity index is 881. The molecule has 0 bridgehead atoms. The summed E-state index contributed by atoms with van der Waals surface area (Å²) in [6.45, 7) is 3.46. The van der Waals surface area contributed by atoms with Crippen molar-refractivity contribution in [3.8, 4) is 0 Å². The number of fused-ring (bicyclic) bond motifs is 1. The zero-order valence-corrected chi connectivity index (χ0v) is 16.4. The molecule has 2 fully saturated rings. The Kier molecular flexibility index (Phi) is 5.02. The summed E-state index contributed by atoms with van der Waals surface area (Å²) < 4.78 is 0. The van der Waals surface area contributed by atoms with E-state index in [-0.39, 0.29) is 17.7 Å². The van der Waals surface area contributed by atoms with Gasteiger partial charge in [-0.05, 0) is 24.6 Å².